The summed E-state index contributed by atoms with van der Waals surface area (Å²) in [6, 6.07) is 0. The van der Waals surface area contributed by atoms with E-state index in [1.54, 1.807) is 0 Å². The molecule has 9 heteroatoms. The Morgan fingerprint density at radius 1 is 1.40 bits per heavy atom. The Bertz CT molecular complexity index is 829. The molecule has 0 aromatic carbocycles. The van der Waals surface area contributed by atoms with E-state index in [2.05, 4.69) is 4.98 Å². The molecule has 2 aromatic rings. The van der Waals surface area contributed by atoms with Crippen LogP contribution in [-0.2, 0) is 11.3 Å². The second-order valence-electron chi connectivity index (χ2n) is 4.17. The van der Waals surface area contributed by atoms with Gasteiger partial charge in [0.05, 0.1) is 5.39 Å². The van der Waals surface area contributed by atoms with Gasteiger partial charge in [-0.2, -0.15) is 0 Å². The molecule has 1 amide bonds. The van der Waals surface area contributed by atoms with Gasteiger partial charge in [0.15, 0.2) is 0 Å². The molecule has 20 heavy (non-hydrogen) atoms. The monoisotopic (exact) mass is 297 g/mol. The molecule has 0 radical (unpaired) electrons. The van der Waals surface area contributed by atoms with E-state index < -0.39 is 23.1 Å². The number of rotatable bonds is 4. The minimum Gasteiger partial charge on any atom is -0.477 e. The number of aromatic amines is 1. The number of nitrogens with two attached hydrogens (primary N) is 1. The van der Waals surface area contributed by atoms with Crippen molar-refractivity contribution in [3.63, 3.8) is 0 Å². The van der Waals surface area contributed by atoms with E-state index in [-0.39, 0.29) is 28.1 Å². The molecule has 0 aliphatic heterocycles. The summed E-state index contributed by atoms with van der Waals surface area (Å²) in [5.41, 5.74) is 3.97. The summed E-state index contributed by atoms with van der Waals surface area (Å²) < 4.78 is 0.846. The number of aryl methyl sites for hydroxylation is 1. The molecule has 0 bridgehead atoms. The summed E-state index contributed by atoms with van der Waals surface area (Å²) in [5, 5.41) is 9.17. The van der Waals surface area contributed by atoms with E-state index in [9.17, 15) is 19.2 Å². The van der Waals surface area contributed by atoms with E-state index in [0.717, 1.165) is 15.9 Å². The van der Waals surface area contributed by atoms with Crippen LogP contribution in [0, 0.1) is 6.92 Å². The third kappa shape index (κ3) is 2.23. The molecular formula is C11H11N3O5S. The molecule has 0 saturated heterocycles. The summed E-state index contributed by atoms with van der Waals surface area (Å²) in [6.45, 7) is 1.36. The zero-order chi connectivity index (χ0) is 15.0. The van der Waals surface area contributed by atoms with Crippen LogP contribution in [0.3, 0.4) is 0 Å². The standard InChI is InChI=1S/C11H11N3O5S/c1-4-6-8(20-7(4)10(17)18)13-11(19)14(9(6)16)3-2-5(12)15/h2-3H2,1H3,(H2,12,15)(H,13,19)(H,17,18). The zero-order valence-corrected chi connectivity index (χ0v) is 11.2. The number of hydrogen-bond acceptors (Lipinski definition) is 5. The van der Waals surface area contributed by atoms with Gasteiger partial charge in [-0.15, -0.1) is 11.3 Å². The van der Waals surface area contributed by atoms with Gasteiger partial charge in [-0.05, 0) is 12.5 Å². The maximum absolute atomic E-state index is 12.2. The number of hydrogen-bond donors (Lipinski definition) is 3. The van der Waals surface area contributed by atoms with E-state index in [1.807, 2.05) is 0 Å². The van der Waals surface area contributed by atoms with Crippen molar-refractivity contribution in [2.24, 2.45) is 5.73 Å². The van der Waals surface area contributed by atoms with Gasteiger partial charge >= 0.3 is 11.7 Å². The lowest BCUT2D eigenvalue weighted by Gasteiger charge is -2.02. The number of carbonyl (C=O) groups excluding carboxylic acids is 1. The molecule has 0 spiro atoms. The van der Waals surface area contributed by atoms with Crippen molar-refractivity contribution < 1.29 is 14.7 Å². The Balaban J connectivity index is 2.71. The molecule has 0 unspecified atom stereocenters. The van der Waals surface area contributed by atoms with Gasteiger partial charge in [-0.25, -0.2) is 9.59 Å². The van der Waals surface area contributed by atoms with Crippen LogP contribution in [0.15, 0.2) is 9.59 Å². The first kappa shape index (κ1) is 14.0. The Morgan fingerprint density at radius 2 is 2.05 bits per heavy atom. The highest BCUT2D eigenvalue weighted by Crippen LogP contribution is 2.25. The van der Waals surface area contributed by atoms with Crippen molar-refractivity contribution in [2.75, 3.05) is 0 Å². The van der Waals surface area contributed by atoms with Gasteiger partial charge < -0.3 is 10.8 Å². The Hall–Kier alpha value is -2.42. The normalized spacial score (nSPS) is 10.8. The van der Waals surface area contributed by atoms with E-state index in [1.165, 1.54) is 6.92 Å². The number of carbonyl (C=O) groups is 2. The molecular weight excluding hydrogens is 286 g/mol. The smallest absolute Gasteiger partial charge is 0.346 e. The van der Waals surface area contributed by atoms with Gasteiger partial charge in [-0.3, -0.25) is 19.1 Å². The summed E-state index contributed by atoms with van der Waals surface area (Å²) in [6.07, 6.45) is -0.149. The molecule has 0 fully saturated rings. The fraction of sp³-hybridized carbons (Fsp3) is 0.273. The zero-order valence-electron chi connectivity index (χ0n) is 10.4. The van der Waals surface area contributed by atoms with Crippen LogP contribution < -0.4 is 17.0 Å². The quantitative estimate of drug-likeness (QED) is 0.707. The van der Waals surface area contributed by atoms with Crippen molar-refractivity contribution in [1.82, 2.24) is 9.55 Å². The van der Waals surface area contributed by atoms with Gasteiger partial charge in [0.25, 0.3) is 5.56 Å². The number of nitrogens with zero attached hydrogens (tertiary/aromatic N) is 1. The molecule has 0 atom stereocenters. The number of fused-ring (bicyclic) bond motifs is 1. The number of carboxylic acid groups (broad SMARTS) is 1. The number of nitrogens with one attached hydrogen (secondary N) is 1. The second kappa shape index (κ2) is 4.93. The average Bonchev–Trinajstić information content (AvgIpc) is 2.65. The number of thiophene rings is 1. The third-order valence-electron chi connectivity index (χ3n) is 2.85. The molecule has 2 aromatic heterocycles. The Kier molecular flexibility index (Phi) is 3.45. The second-order valence-corrected chi connectivity index (χ2v) is 5.19. The van der Waals surface area contributed by atoms with E-state index in [4.69, 9.17) is 10.8 Å². The predicted octanol–water partition coefficient (Wildman–Crippen LogP) is -0.367. The SMILES string of the molecule is Cc1c(C(=O)O)sc2[nH]c(=O)n(CCC(N)=O)c(=O)c12. The van der Waals surface area contributed by atoms with Crippen LogP contribution in [0.4, 0.5) is 0 Å². The fourth-order valence-corrected chi connectivity index (χ4v) is 2.91. The molecule has 0 aliphatic carbocycles. The van der Waals surface area contributed by atoms with Gasteiger partial charge in [0, 0.05) is 13.0 Å². The van der Waals surface area contributed by atoms with Crippen LogP contribution >= 0.6 is 11.3 Å². The summed E-state index contributed by atoms with van der Waals surface area (Å²) in [4.78, 5) is 48.4. The maximum Gasteiger partial charge on any atom is 0.346 e. The number of H-pyrrole nitrogens is 1. The first-order chi connectivity index (χ1) is 9.32. The lowest BCUT2D eigenvalue weighted by atomic mass is 10.2. The van der Waals surface area contributed by atoms with Crippen LogP contribution in [0.2, 0.25) is 0 Å². The highest BCUT2D eigenvalue weighted by atomic mass is 32.1. The number of amides is 1. The third-order valence-corrected chi connectivity index (χ3v) is 4.04. The van der Waals surface area contributed by atoms with Gasteiger partial charge in [-0.1, -0.05) is 0 Å². The maximum atomic E-state index is 12.2. The number of aromatic nitrogens is 2. The number of carboxylic acids is 1. The average molecular weight is 297 g/mol. The molecule has 2 heterocycles. The van der Waals surface area contributed by atoms with Crippen LogP contribution in [-0.4, -0.2) is 26.5 Å². The number of primary amides is 1. The summed E-state index contributed by atoms with van der Waals surface area (Å²) >= 11 is 0.833. The summed E-state index contributed by atoms with van der Waals surface area (Å²) in [7, 11) is 0. The molecule has 8 nitrogen and oxygen atoms in total. The summed E-state index contributed by atoms with van der Waals surface area (Å²) in [5.74, 6) is -1.79. The Labute approximate surface area is 115 Å². The lowest BCUT2D eigenvalue weighted by Crippen LogP contribution is -2.36. The van der Waals surface area contributed by atoms with Crippen molar-refractivity contribution in [2.45, 2.75) is 19.9 Å². The largest absolute Gasteiger partial charge is 0.477 e. The van der Waals surface area contributed by atoms with Crippen LogP contribution in [0.5, 0.6) is 0 Å². The highest BCUT2D eigenvalue weighted by molar-refractivity contribution is 7.20. The topological polar surface area (TPSA) is 135 Å². The molecule has 106 valence electrons. The van der Waals surface area contributed by atoms with Gasteiger partial charge in [0.2, 0.25) is 5.91 Å². The predicted molar refractivity (Wildman–Crippen MR) is 72.2 cm³/mol. The first-order valence-corrected chi connectivity index (χ1v) is 6.42. The molecule has 4 N–H and O–H groups in total. The minimum absolute atomic E-state index is 0.000372. The first-order valence-electron chi connectivity index (χ1n) is 5.60. The number of aromatic carboxylic acids is 1. The van der Waals surface area contributed by atoms with E-state index >= 15 is 0 Å². The van der Waals surface area contributed by atoms with Crippen molar-refractivity contribution >= 4 is 33.4 Å². The fourth-order valence-electron chi connectivity index (χ4n) is 1.88. The van der Waals surface area contributed by atoms with E-state index in [0.29, 0.717) is 5.56 Å². The van der Waals surface area contributed by atoms with Crippen LogP contribution in [0.25, 0.3) is 10.2 Å². The van der Waals surface area contributed by atoms with Crippen molar-refractivity contribution in [3.8, 4) is 0 Å². The van der Waals surface area contributed by atoms with Crippen molar-refractivity contribution in [1.29, 1.82) is 0 Å². The van der Waals surface area contributed by atoms with Crippen LogP contribution in [0.1, 0.15) is 21.7 Å². The molecule has 0 saturated carbocycles. The molecule has 2 rings (SSSR count). The highest BCUT2D eigenvalue weighted by Gasteiger charge is 2.19. The van der Waals surface area contributed by atoms with Crippen molar-refractivity contribution in [3.05, 3.63) is 31.3 Å². The van der Waals surface area contributed by atoms with Gasteiger partial charge in [0.1, 0.15) is 9.71 Å². The minimum atomic E-state index is -1.16. The lowest BCUT2D eigenvalue weighted by molar-refractivity contribution is -0.118. The molecule has 0 aliphatic rings. The Morgan fingerprint density at radius 3 is 2.60 bits per heavy atom.